The second kappa shape index (κ2) is 9.87. The predicted molar refractivity (Wildman–Crippen MR) is 109 cm³/mol. The first-order chi connectivity index (χ1) is 14.6. The van der Waals surface area contributed by atoms with Crippen LogP contribution in [0, 0.1) is 0 Å². The number of rotatable bonds is 8. The van der Waals surface area contributed by atoms with Crippen LogP contribution in [-0.2, 0) is 28.1 Å². The van der Waals surface area contributed by atoms with Crippen molar-refractivity contribution < 1.29 is 14.5 Å². The molecular formula is C19H20N8O3. The van der Waals surface area contributed by atoms with E-state index in [9.17, 15) is 4.79 Å². The lowest BCUT2D eigenvalue weighted by Gasteiger charge is -2.07. The van der Waals surface area contributed by atoms with Crippen LogP contribution in [-0.4, -0.2) is 49.6 Å². The van der Waals surface area contributed by atoms with E-state index in [2.05, 4.69) is 41.0 Å². The number of anilines is 1. The van der Waals surface area contributed by atoms with Gasteiger partial charge < -0.3 is 15.0 Å². The van der Waals surface area contributed by atoms with Gasteiger partial charge in [-0.3, -0.25) is 4.79 Å². The van der Waals surface area contributed by atoms with Gasteiger partial charge in [0.2, 0.25) is 5.82 Å². The Morgan fingerprint density at radius 2 is 1.93 bits per heavy atom. The number of nitrogens with zero attached hydrogens (tertiary/aromatic N) is 7. The van der Waals surface area contributed by atoms with Crippen molar-refractivity contribution in [2.75, 3.05) is 12.4 Å². The van der Waals surface area contributed by atoms with E-state index < -0.39 is 5.91 Å². The zero-order valence-corrected chi connectivity index (χ0v) is 16.7. The van der Waals surface area contributed by atoms with E-state index in [0.717, 1.165) is 5.56 Å². The van der Waals surface area contributed by atoms with E-state index in [4.69, 9.17) is 4.84 Å². The summed E-state index contributed by atoms with van der Waals surface area (Å²) in [7, 11) is 3.09. The van der Waals surface area contributed by atoms with E-state index in [1.54, 1.807) is 25.2 Å². The van der Waals surface area contributed by atoms with Gasteiger partial charge in [-0.05, 0) is 29.5 Å². The lowest BCUT2D eigenvalue weighted by atomic mass is 10.1. The fourth-order valence-corrected chi connectivity index (χ4v) is 2.43. The van der Waals surface area contributed by atoms with Gasteiger partial charge in [-0.1, -0.05) is 46.7 Å². The van der Waals surface area contributed by atoms with Gasteiger partial charge in [0.25, 0.3) is 5.91 Å². The normalized spacial score (nSPS) is 11.8. The molecule has 0 saturated carbocycles. The minimum absolute atomic E-state index is 0.0798. The third-order valence-corrected chi connectivity index (χ3v) is 3.85. The number of carbonyl (C=O) groups is 1. The zero-order valence-electron chi connectivity index (χ0n) is 16.7. The Morgan fingerprint density at radius 3 is 2.63 bits per heavy atom. The quantitative estimate of drug-likeness (QED) is 0.442. The molecule has 0 atom stereocenters. The first-order valence-corrected chi connectivity index (χ1v) is 8.91. The second-order valence-corrected chi connectivity index (χ2v) is 6.03. The molecule has 2 aromatic heterocycles. The third-order valence-electron chi connectivity index (χ3n) is 3.85. The average Bonchev–Trinajstić information content (AvgIpc) is 3.18. The van der Waals surface area contributed by atoms with E-state index in [1.807, 2.05) is 30.3 Å². The zero-order chi connectivity index (χ0) is 21.3. The Labute approximate surface area is 172 Å². The molecule has 1 aromatic carbocycles. The van der Waals surface area contributed by atoms with Crippen molar-refractivity contribution in [3.63, 3.8) is 0 Å². The summed E-state index contributed by atoms with van der Waals surface area (Å²) in [6.45, 7) is 1.61. The van der Waals surface area contributed by atoms with Gasteiger partial charge in [0.05, 0.1) is 5.69 Å². The first kappa shape index (κ1) is 20.6. The highest BCUT2D eigenvalue weighted by Gasteiger charge is 2.15. The number of oxime groups is 2. The van der Waals surface area contributed by atoms with Crippen LogP contribution >= 0.6 is 0 Å². The van der Waals surface area contributed by atoms with Crippen molar-refractivity contribution in [2.24, 2.45) is 17.4 Å². The van der Waals surface area contributed by atoms with Crippen molar-refractivity contribution >= 4 is 23.1 Å². The summed E-state index contributed by atoms with van der Waals surface area (Å²) < 4.78 is 1.51. The van der Waals surface area contributed by atoms with Crippen molar-refractivity contribution in [1.29, 1.82) is 0 Å². The highest BCUT2D eigenvalue weighted by molar-refractivity contribution is 6.41. The van der Waals surface area contributed by atoms with E-state index in [1.165, 1.54) is 18.7 Å². The summed E-state index contributed by atoms with van der Waals surface area (Å²) in [5.41, 5.74) is 2.04. The number of aromatic nitrogens is 5. The minimum Gasteiger partial charge on any atom is -0.399 e. The summed E-state index contributed by atoms with van der Waals surface area (Å²) in [6.07, 6.45) is 0. The van der Waals surface area contributed by atoms with Gasteiger partial charge in [-0.2, -0.15) is 0 Å². The number of hydrogen-bond donors (Lipinski definition) is 1. The topological polar surface area (TPSA) is 129 Å². The molecule has 3 rings (SSSR count). The Morgan fingerprint density at radius 1 is 1.13 bits per heavy atom. The van der Waals surface area contributed by atoms with Crippen LogP contribution in [0.3, 0.4) is 0 Å². The van der Waals surface area contributed by atoms with Gasteiger partial charge in [0.15, 0.2) is 12.3 Å². The molecule has 0 unspecified atom stereocenters. The molecule has 30 heavy (non-hydrogen) atoms. The molecule has 0 aliphatic rings. The average molecular weight is 408 g/mol. The summed E-state index contributed by atoms with van der Waals surface area (Å²) >= 11 is 0. The van der Waals surface area contributed by atoms with Crippen LogP contribution < -0.4 is 5.32 Å². The molecule has 0 radical (unpaired) electrons. The maximum atomic E-state index is 12.0. The minimum atomic E-state index is -0.415. The molecule has 3 aromatic rings. The third kappa shape index (κ3) is 5.22. The molecule has 0 aliphatic carbocycles. The van der Waals surface area contributed by atoms with Crippen LogP contribution in [0.2, 0.25) is 0 Å². The van der Waals surface area contributed by atoms with Gasteiger partial charge in [0.1, 0.15) is 18.6 Å². The molecule has 11 nitrogen and oxygen atoms in total. The van der Waals surface area contributed by atoms with Gasteiger partial charge in [-0.15, -0.1) is 5.10 Å². The number of tetrazole rings is 1. The monoisotopic (exact) mass is 408 g/mol. The van der Waals surface area contributed by atoms with Crippen LogP contribution in [0.4, 0.5) is 5.82 Å². The molecule has 154 valence electrons. The van der Waals surface area contributed by atoms with E-state index >= 15 is 0 Å². The number of benzene rings is 1. The maximum absolute atomic E-state index is 12.0. The molecule has 1 amide bonds. The summed E-state index contributed by atoms with van der Waals surface area (Å²) in [6, 6.07) is 14.6. The SMILES string of the molecule is CO/N=C(\C)C(=O)Nc1cccc(CO/N=C(/c2ccccc2)c2nnnn2C)n1. The number of aryl methyl sites for hydroxylation is 1. The first-order valence-electron chi connectivity index (χ1n) is 8.91. The van der Waals surface area contributed by atoms with Crippen LogP contribution in [0.5, 0.6) is 0 Å². The Kier molecular flexibility index (Phi) is 6.77. The summed E-state index contributed by atoms with van der Waals surface area (Å²) in [5.74, 6) is 0.404. The smallest absolute Gasteiger partial charge is 0.274 e. The molecule has 0 saturated heterocycles. The number of carbonyl (C=O) groups excluding carboxylic acids is 1. The molecular weight excluding hydrogens is 388 g/mol. The molecule has 0 fully saturated rings. The standard InChI is InChI=1S/C19H20N8O3/c1-13(23-29-3)19(28)21-16-11-7-10-15(20-16)12-30-24-17(14-8-5-4-6-9-14)18-22-25-26-27(18)2/h4-11H,12H2,1-3H3,(H,20,21,28)/b23-13+,24-17-. The van der Waals surface area contributed by atoms with E-state index in [0.29, 0.717) is 23.0 Å². The number of nitrogens with one attached hydrogen (secondary N) is 1. The van der Waals surface area contributed by atoms with Crippen LogP contribution in [0.25, 0.3) is 0 Å². The van der Waals surface area contributed by atoms with Crippen molar-refractivity contribution in [2.45, 2.75) is 13.5 Å². The van der Waals surface area contributed by atoms with Crippen molar-refractivity contribution in [3.05, 3.63) is 65.6 Å². The van der Waals surface area contributed by atoms with Gasteiger partial charge >= 0.3 is 0 Å². The highest BCUT2D eigenvalue weighted by atomic mass is 16.6. The summed E-state index contributed by atoms with van der Waals surface area (Å²) in [4.78, 5) is 26.5. The van der Waals surface area contributed by atoms with Crippen LogP contribution in [0.1, 0.15) is 24.0 Å². The van der Waals surface area contributed by atoms with E-state index in [-0.39, 0.29) is 12.3 Å². The Balaban J connectivity index is 1.74. The molecule has 0 aliphatic heterocycles. The van der Waals surface area contributed by atoms with Gasteiger partial charge in [0, 0.05) is 12.6 Å². The molecule has 11 heteroatoms. The lowest BCUT2D eigenvalue weighted by Crippen LogP contribution is -2.21. The second-order valence-electron chi connectivity index (χ2n) is 6.03. The van der Waals surface area contributed by atoms with Crippen molar-refractivity contribution in [3.8, 4) is 0 Å². The fraction of sp³-hybridized carbons (Fsp3) is 0.211. The summed E-state index contributed by atoms with van der Waals surface area (Å²) in [5, 5.41) is 22.0. The maximum Gasteiger partial charge on any atom is 0.274 e. The molecule has 1 N–H and O–H groups in total. The highest BCUT2D eigenvalue weighted by Crippen LogP contribution is 2.10. The number of amides is 1. The number of pyridine rings is 1. The largest absolute Gasteiger partial charge is 0.399 e. The Hall–Kier alpha value is -4.15. The van der Waals surface area contributed by atoms with Gasteiger partial charge in [-0.25, -0.2) is 9.67 Å². The van der Waals surface area contributed by atoms with Crippen molar-refractivity contribution in [1.82, 2.24) is 25.2 Å². The molecule has 2 heterocycles. The lowest BCUT2D eigenvalue weighted by molar-refractivity contribution is -0.110. The fourth-order valence-electron chi connectivity index (χ4n) is 2.43. The molecule has 0 spiro atoms. The van der Waals surface area contributed by atoms with Crippen LogP contribution in [0.15, 0.2) is 58.8 Å². The predicted octanol–water partition coefficient (Wildman–Crippen LogP) is 1.54. The Bertz CT molecular complexity index is 1060. The number of hydrogen-bond acceptors (Lipinski definition) is 9. The molecule has 0 bridgehead atoms.